The third-order valence-electron chi connectivity index (χ3n) is 8.13. The van der Waals surface area contributed by atoms with E-state index in [1.54, 1.807) is 0 Å². The van der Waals surface area contributed by atoms with Crippen LogP contribution in [-0.4, -0.2) is 32.6 Å². The van der Waals surface area contributed by atoms with E-state index in [2.05, 4.69) is 83.1 Å². The van der Waals surface area contributed by atoms with Gasteiger partial charge in [0.25, 0.3) is 0 Å². The summed E-state index contributed by atoms with van der Waals surface area (Å²) < 4.78 is 3.69. The maximum atomic E-state index is 2.71. The fraction of sp³-hybridized carbons (Fsp3) is 1.00. The molecule has 0 aromatic heterocycles. The first kappa shape index (κ1) is 20.7. The quantitative estimate of drug-likeness (QED) is 0.212. The fourth-order valence-electron chi connectivity index (χ4n) is 7.61. The van der Waals surface area contributed by atoms with Crippen LogP contribution in [-0.2, 0) is 0 Å². The Hall–Kier alpha value is 3.10. The number of hydrogen-bond donors (Lipinski definition) is 0. The molecular weight excluding hydrogens is 505 g/mol. The minimum atomic E-state index is 0.256. The van der Waals surface area contributed by atoms with Crippen LogP contribution in [0.5, 0.6) is 0 Å². The zero-order chi connectivity index (χ0) is 20.2. The van der Waals surface area contributed by atoms with Crippen molar-refractivity contribution >= 4 is 57.7 Å². The Balaban J connectivity index is 1.72. The molecule has 0 amide bonds. The topological polar surface area (TPSA) is 0 Å². The standard InChI is InChI=1S/C20H36P6Se/c1-13(2,3)17-21-18(14(4,5)6)22(17)20(16(10,11)12)24(18)26-19(21,15(7,8)9)23(17)25(20)27-26/h1-12H3. The number of rotatable bonds is 0. The monoisotopic (exact) mass is 542 g/mol. The Bertz CT molecular complexity index is 723. The Labute approximate surface area is 180 Å². The molecular formula is C20H36P6Se. The van der Waals surface area contributed by atoms with E-state index in [1.807, 2.05) is 0 Å². The van der Waals surface area contributed by atoms with Gasteiger partial charge < -0.3 is 0 Å². The van der Waals surface area contributed by atoms with Crippen LogP contribution in [0.3, 0.4) is 0 Å². The van der Waals surface area contributed by atoms with E-state index in [0.717, 1.165) is 32.6 Å². The Morgan fingerprint density at radius 1 is 0.444 bits per heavy atom. The van der Waals surface area contributed by atoms with Crippen molar-refractivity contribution in [3.8, 4) is 0 Å². The zero-order valence-corrected chi connectivity index (χ0v) is 26.2. The van der Waals surface area contributed by atoms with Gasteiger partial charge in [0.1, 0.15) is 0 Å². The summed E-state index contributed by atoms with van der Waals surface area (Å²) >= 11 is 1.09. The van der Waals surface area contributed by atoms with Crippen LogP contribution in [0.25, 0.3) is 0 Å². The van der Waals surface area contributed by atoms with Crippen LogP contribution in [0.15, 0.2) is 0 Å². The van der Waals surface area contributed by atoms with Gasteiger partial charge in [-0.25, -0.2) is 0 Å². The molecule has 7 heterocycles. The van der Waals surface area contributed by atoms with Crippen LogP contribution < -0.4 is 0 Å². The summed E-state index contributed by atoms with van der Waals surface area (Å²) in [7, 11) is 1.20. The first-order valence-electron chi connectivity index (χ1n) is 10.4. The first-order valence-corrected chi connectivity index (χ1v) is 24.3. The molecule has 7 heteroatoms. The van der Waals surface area contributed by atoms with Crippen LogP contribution in [0.2, 0.25) is 0 Å². The van der Waals surface area contributed by atoms with Gasteiger partial charge >= 0.3 is 181 Å². The second kappa shape index (κ2) is 4.68. The van der Waals surface area contributed by atoms with Crippen molar-refractivity contribution in [2.45, 2.75) is 102 Å². The summed E-state index contributed by atoms with van der Waals surface area (Å²) in [5, 5.41) is 0. The molecule has 2 bridgehead atoms. The molecule has 6 atom stereocenters. The number of hydrogen-bond acceptors (Lipinski definition) is 0. The molecule has 0 aliphatic carbocycles. The van der Waals surface area contributed by atoms with Crippen molar-refractivity contribution in [3.05, 3.63) is 0 Å². The van der Waals surface area contributed by atoms with Gasteiger partial charge in [0, 0.05) is 0 Å². The second-order valence-electron chi connectivity index (χ2n) is 13.5. The molecule has 0 spiro atoms. The SMILES string of the molecule is CC(C)(C)C12P3[Se]P4P1C1(C(C)(C)C)P2C2(C(C)(C)C)P3C4(C(C)(C)C)P12. The molecule has 152 valence electrons. The summed E-state index contributed by atoms with van der Waals surface area (Å²) in [6, 6.07) is 0. The summed E-state index contributed by atoms with van der Waals surface area (Å²) in [4.78, 5) is 0. The molecule has 7 saturated heterocycles. The summed E-state index contributed by atoms with van der Waals surface area (Å²) in [6.45, 7) is 32.5. The first-order chi connectivity index (χ1) is 11.9. The van der Waals surface area contributed by atoms with Gasteiger partial charge in [-0.15, -0.1) is 0 Å². The predicted molar refractivity (Wildman–Crippen MR) is 136 cm³/mol. The molecule has 7 aliphatic rings. The van der Waals surface area contributed by atoms with E-state index in [1.165, 1.54) is 0 Å². The summed E-state index contributed by atoms with van der Waals surface area (Å²) in [5.74, 6) is 0. The van der Waals surface area contributed by atoms with Crippen LogP contribution in [0.4, 0.5) is 0 Å². The Morgan fingerprint density at radius 3 is 0.926 bits per heavy atom. The predicted octanol–water partition coefficient (Wildman–Crippen LogP) is 10.1. The second-order valence-corrected chi connectivity index (χ2v) is 46.2. The van der Waals surface area contributed by atoms with Crippen LogP contribution >= 0.6 is 43.7 Å². The van der Waals surface area contributed by atoms with Crippen molar-refractivity contribution in [2.75, 3.05) is 0 Å². The maximum absolute atomic E-state index is 2.71. The molecule has 6 unspecified atom stereocenters. The molecule has 0 nitrogen and oxygen atoms in total. The van der Waals surface area contributed by atoms with Crippen molar-refractivity contribution in [2.24, 2.45) is 21.7 Å². The van der Waals surface area contributed by atoms with Gasteiger partial charge in [-0.05, 0) is 0 Å². The van der Waals surface area contributed by atoms with Gasteiger partial charge in [-0.2, -0.15) is 0 Å². The van der Waals surface area contributed by atoms with E-state index in [4.69, 9.17) is 0 Å². The van der Waals surface area contributed by atoms with E-state index < -0.39 is 0 Å². The van der Waals surface area contributed by atoms with E-state index in [0.29, 0.717) is 49.5 Å². The van der Waals surface area contributed by atoms with Crippen LogP contribution in [0.1, 0.15) is 83.1 Å². The van der Waals surface area contributed by atoms with Gasteiger partial charge in [0.15, 0.2) is 0 Å². The van der Waals surface area contributed by atoms with E-state index in [-0.39, 0.29) is 15.8 Å². The molecule has 0 aromatic carbocycles. The summed E-state index contributed by atoms with van der Waals surface area (Å²) in [6.07, 6.45) is 0.829. The molecule has 7 fully saturated rings. The van der Waals surface area contributed by atoms with Gasteiger partial charge in [0.2, 0.25) is 0 Å². The molecule has 0 aromatic rings. The van der Waals surface area contributed by atoms with E-state index in [9.17, 15) is 0 Å². The molecule has 27 heavy (non-hydrogen) atoms. The molecule has 0 N–H and O–H groups in total. The van der Waals surface area contributed by atoms with Gasteiger partial charge in [-0.3, -0.25) is 0 Å². The van der Waals surface area contributed by atoms with E-state index >= 15 is 0 Å². The molecule has 7 rings (SSSR count). The normalized spacial score (nSPS) is 61.8. The summed E-state index contributed by atoms with van der Waals surface area (Å²) in [5.41, 5.74) is 2.38. The zero-order valence-electron chi connectivity index (χ0n) is 19.1. The molecule has 7 aliphatic heterocycles. The minimum absolute atomic E-state index is 0.256. The Kier molecular flexibility index (Phi) is 3.58. The van der Waals surface area contributed by atoms with Crippen molar-refractivity contribution in [3.63, 3.8) is 0 Å². The van der Waals surface area contributed by atoms with Gasteiger partial charge in [-0.1, -0.05) is 0 Å². The fourth-order valence-corrected chi connectivity index (χ4v) is 145. The average Bonchev–Trinajstić information content (AvgIpc) is 2.68. The average molecular weight is 541 g/mol. The third-order valence-corrected chi connectivity index (χ3v) is 78.9. The van der Waals surface area contributed by atoms with Crippen molar-refractivity contribution in [1.82, 2.24) is 0 Å². The van der Waals surface area contributed by atoms with Crippen molar-refractivity contribution < 1.29 is 0 Å². The van der Waals surface area contributed by atoms with Crippen molar-refractivity contribution in [1.29, 1.82) is 0 Å². The third kappa shape index (κ3) is 1.41. The van der Waals surface area contributed by atoms with Crippen LogP contribution in [0, 0.1) is 21.7 Å². The Morgan fingerprint density at radius 2 is 0.704 bits per heavy atom. The van der Waals surface area contributed by atoms with Gasteiger partial charge in [0.05, 0.1) is 0 Å². The molecule has 0 radical (unpaired) electrons. The molecule has 0 saturated carbocycles.